The molecule has 6 nitrogen and oxygen atoms in total. The van der Waals surface area contributed by atoms with Crippen molar-refractivity contribution in [3.05, 3.63) is 22.3 Å². The molecule has 22 heavy (non-hydrogen) atoms. The van der Waals surface area contributed by atoms with Crippen LogP contribution >= 0.6 is 0 Å². The van der Waals surface area contributed by atoms with Gasteiger partial charge >= 0.3 is 0 Å². The molecule has 1 aliphatic carbocycles. The molecule has 0 aromatic heterocycles. The number of ketones is 2. The van der Waals surface area contributed by atoms with E-state index in [0.717, 1.165) is 0 Å². The summed E-state index contributed by atoms with van der Waals surface area (Å²) in [7, 11) is 0. The standard InChI is InChI=1S/C16H23NO5/c1-8-9(2)14(20)12(10(3)13(8)19)6-7-16(5,22)15(21)17-11(4)18/h11,18,22H,6-7H2,1-5H3,(H,17,21). The number of nitrogens with one attached hydrogen (secondary N) is 1. The van der Waals surface area contributed by atoms with Gasteiger partial charge in [0.05, 0.1) is 0 Å². The molecule has 0 spiro atoms. The Balaban J connectivity index is 2.90. The second-order valence-electron chi connectivity index (χ2n) is 5.94. The lowest BCUT2D eigenvalue weighted by Crippen LogP contribution is -2.47. The quantitative estimate of drug-likeness (QED) is 0.514. The number of allylic oxidation sites excluding steroid dienone is 4. The van der Waals surface area contributed by atoms with Crippen LogP contribution in [0.3, 0.4) is 0 Å². The van der Waals surface area contributed by atoms with Crippen molar-refractivity contribution in [1.29, 1.82) is 0 Å². The van der Waals surface area contributed by atoms with E-state index in [1.807, 2.05) is 0 Å². The largest absolute Gasteiger partial charge is 0.380 e. The van der Waals surface area contributed by atoms with Gasteiger partial charge in [-0.25, -0.2) is 0 Å². The fourth-order valence-corrected chi connectivity index (χ4v) is 2.28. The molecule has 122 valence electrons. The second-order valence-corrected chi connectivity index (χ2v) is 5.94. The minimum atomic E-state index is -1.74. The lowest BCUT2D eigenvalue weighted by Gasteiger charge is -2.25. The number of amides is 1. The van der Waals surface area contributed by atoms with Crippen LogP contribution in [-0.4, -0.2) is 39.5 Å². The molecule has 1 rings (SSSR count). The molecule has 2 atom stereocenters. The molecular weight excluding hydrogens is 286 g/mol. The summed E-state index contributed by atoms with van der Waals surface area (Å²) in [5.41, 5.74) is -0.209. The van der Waals surface area contributed by atoms with Crippen LogP contribution < -0.4 is 5.32 Å². The highest BCUT2D eigenvalue weighted by atomic mass is 16.3. The van der Waals surface area contributed by atoms with Gasteiger partial charge in [-0.3, -0.25) is 14.4 Å². The third-order valence-corrected chi connectivity index (χ3v) is 4.00. The number of carbonyl (C=O) groups excluding carboxylic acids is 3. The number of Topliss-reactive ketones (excluding diaryl/α,β-unsaturated/α-hetero) is 2. The zero-order valence-electron chi connectivity index (χ0n) is 13.6. The lowest BCUT2D eigenvalue weighted by atomic mass is 9.82. The van der Waals surface area contributed by atoms with E-state index in [2.05, 4.69) is 5.32 Å². The molecule has 0 bridgehead atoms. The van der Waals surface area contributed by atoms with Gasteiger partial charge in [0.2, 0.25) is 0 Å². The van der Waals surface area contributed by atoms with Crippen LogP contribution in [0.15, 0.2) is 22.3 Å². The van der Waals surface area contributed by atoms with E-state index < -0.39 is 17.7 Å². The van der Waals surface area contributed by atoms with E-state index in [4.69, 9.17) is 5.11 Å². The first-order valence-electron chi connectivity index (χ1n) is 7.17. The highest BCUT2D eigenvalue weighted by Gasteiger charge is 2.34. The minimum absolute atomic E-state index is 0.0242. The Bertz CT molecular complexity index is 581. The molecule has 0 aromatic rings. The summed E-state index contributed by atoms with van der Waals surface area (Å²) in [6.07, 6.45) is -0.990. The first-order valence-corrected chi connectivity index (χ1v) is 7.17. The number of hydrogen-bond acceptors (Lipinski definition) is 5. The summed E-state index contributed by atoms with van der Waals surface area (Å²) < 4.78 is 0. The van der Waals surface area contributed by atoms with Gasteiger partial charge in [-0.05, 0) is 47.5 Å². The zero-order valence-corrected chi connectivity index (χ0v) is 13.6. The van der Waals surface area contributed by atoms with E-state index in [9.17, 15) is 19.5 Å². The smallest absolute Gasteiger partial charge is 0.253 e. The summed E-state index contributed by atoms with van der Waals surface area (Å²) in [6, 6.07) is 0. The van der Waals surface area contributed by atoms with Crippen LogP contribution in [0.25, 0.3) is 0 Å². The van der Waals surface area contributed by atoms with Crippen LogP contribution in [0, 0.1) is 0 Å². The lowest BCUT2D eigenvalue weighted by molar-refractivity contribution is -0.141. The number of carbonyl (C=O) groups is 3. The van der Waals surface area contributed by atoms with Gasteiger partial charge in [-0.2, -0.15) is 0 Å². The summed E-state index contributed by atoms with van der Waals surface area (Å²) in [4.78, 5) is 36.1. The fraction of sp³-hybridized carbons (Fsp3) is 0.562. The van der Waals surface area contributed by atoms with Crippen LogP contribution in [0.2, 0.25) is 0 Å². The average Bonchev–Trinajstić information content (AvgIpc) is 2.42. The van der Waals surface area contributed by atoms with Crippen molar-refractivity contribution in [2.45, 2.75) is 59.3 Å². The number of aliphatic hydroxyl groups excluding tert-OH is 1. The van der Waals surface area contributed by atoms with Crippen molar-refractivity contribution in [1.82, 2.24) is 5.32 Å². The molecule has 6 heteroatoms. The Morgan fingerprint density at radius 1 is 1.14 bits per heavy atom. The molecule has 0 saturated heterocycles. The maximum atomic E-state index is 12.3. The SMILES string of the molecule is CC1=C(C)C(=O)C(CCC(C)(O)C(=O)NC(C)O)=C(C)C1=O. The number of aliphatic hydroxyl groups is 2. The normalized spacial score (nSPS) is 20.1. The number of rotatable bonds is 5. The molecule has 0 fully saturated rings. The van der Waals surface area contributed by atoms with Gasteiger partial charge in [0.15, 0.2) is 11.6 Å². The van der Waals surface area contributed by atoms with Crippen LogP contribution in [0.5, 0.6) is 0 Å². The molecule has 0 aliphatic heterocycles. The Labute approximate surface area is 129 Å². The molecule has 0 radical (unpaired) electrons. The van der Waals surface area contributed by atoms with Crippen molar-refractivity contribution < 1.29 is 24.6 Å². The van der Waals surface area contributed by atoms with Crippen LogP contribution in [0.1, 0.15) is 47.5 Å². The highest BCUT2D eigenvalue weighted by molar-refractivity contribution is 6.24. The molecule has 0 heterocycles. The Hall–Kier alpha value is -1.79. The summed E-state index contributed by atoms with van der Waals surface area (Å²) in [5.74, 6) is -1.12. The molecular formula is C16H23NO5. The van der Waals surface area contributed by atoms with Crippen molar-refractivity contribution in [2.24, 2.45) is 0 Å². The predicted molar refractivity (Wildman–Crippen MR) is 80.8 cm³/mol. The van der Waals surface area contributed by atoms with E-state index in [1.54, 1.807) is 20.8 Å². The third kappa shape index (κ3) is 3.69. The summed E-state index contributed by atoms with van der Waals surface area (Å²) in [5, 5.41) is 21.5. The summed E-state index contributed by atoms with van der Waals surface area (Å²) >= 11 is 0. The Morgan fingerprint density at radius 3 is 2.14 bits per heavy atom. The van der Waals surface area contributed by atoms with E-state index in [0.29, 0.717) is 22.3 Å². The third-order valence-electron chi connectivity index (χ3n) is 4.00. The van der Waals surface area contributed by atoms with Crippen molar-refractivity contribution in [3.8, 4) is 0 Å². The zero-order chi connectivity index (χ0) is 17.2. The monoisotopic (exact) mass is 309 g/mol. The minimum Gasteiger partial charge on any atom is -0.380 e. The maximum Gasteiger partial charge on any atom is 0.253 e. The molecule has 1 aliphatic rings. The Kier molecular flexibility index (Phi) is 5.43. The second kappa shape index (κ2) is 6.54. The topological polar surface area (TPSA) is 104 Å². The van der Waals surface area contributed by atoms with E-state index in [1.165, 1.54) is 13.8 Å². The van der Waals surface area contributed by atoms with Crippen LogP contribution in [0.4, 0.5) is 0 Å². The first kappa shape index (κ1) is 18.3. The van der Waals surface area contributed by atoms with E-state index in [-0.39, 0.29) is 24.4 Å². The van der Waals surface area contributed by atoms with Gasteiger partial charge in [0.25, 0.3) is 5.91 Å². The van der Waals surface area contributed by atoms with Crippen molar-refractivity contribution >= 4 is 17.5 Å². The fourth-order valence-electron chi connectivity index (χ4n) is 2.28. The molecule has 2 unspecified atom stereocenters. The van der Waals surface area contributed by atoms with Crippen LogP contribution in [-0.2, 0) is 14.4 Å². The molecule has 0 saturated carbocycles. The molecule has 0 aromatic carbocycles. The Morgan fingerprint density at radius 2 is 1.64 bits per heavy atom. The van der Waals surface area contributed by atoms with Gasteiger partial charge in [-0.1, -0.05) is 0 Å². The van der Waals surface area contributed by atoms with Crippen molar-refractivity contribution in [2.75, 3.05) is 0 Å². The first-order chi connectivity index (χ1) is 9.99. The van der Waals surface area contributed by atoms with Gasteiger partial charge in [-0.15, -0.1) is 0 Å². The summed E-state index contributed by atoms with van der Waals surface area (Å²) in [6.45, 7) is 7.46. The average molecular weight is 309 g/mol. The molecule has 3 N–H and O–H groups in total. The maximum absolute atomic E-state index is 12.3. The van der Waals surface area contributed by atoms with E-state index >= 15 is 0 Å². The predicted octanol–water partition coefficient (Wildman–Crippen LogP) is 0.777. The highest BCUT2D eigenvalue weighted by Crippen LogP contribution is 2.28. The number of hydrogen-bond donors (Lipinski definition) is 3. The molecule has 1 amide bonds. The van der Waals surface area contributed by atoms with Gasteiger partial charge < -0.3 is 15.5 Å². The van der Waals surface area contributed by atoms with Gasteiger partial charge in [0.1, 0.15) is 11.8 Å². The van der Waals surface area contributed by atoms with Crippen molar-refractivity contribution in [3.63, 3.8) is 0 Å². The van der Waals surface area contributed by atoms with Gasteiger partial charge in [0, 0.05) is 22.3 Å².